The van der Waals surface area contributed by atoms with E-state index in [0.717, 1.165) is 30.8 Å². The normalized spacial score (nSPS) is 18.2. The van der Waals surface area contributed by atoms with Crippen molar-refractivity contribution in [3.05, 3.63) is 29.8 Å². The van der Waals surface area contributed by atoms with Gasteiger partial charge in [0.2, 0.25) is 0 Å². The number of likely N-dealkylation sites (tertiary alicyclic amines) is 1. The van der Waals surface area contributed by atoms with Gasteiger partial charge >= 0.3 is 12.0 Å². The first-order valence-corrected chi connectivity index (χ1v) is 9.63. The number of aliphatic carboxylic acids is 1. The second kappa shape index (κ2) is 10.2. The van der Waals surface area contributed by atoms with Gasteiger partial charge in [0.25, 0.3) is 0 Å². The van der Waals surface area contributed by atoms with Gasteiger partial charge in [-0.05, 0) is 43.6 Å². The average Bonchev–Trinajstić information content (AvgIpc) is 2.71. The molecule has 0 aromatic heterocycles. The summed E-state index contributed by atoms with van der Waals surface area (Å²) in [6.45, 7) is 7.25. The maximum Gasteiger partial charge on any atom is 0.317 e. The van der Waals surface area contributed by atoms with E-state index < -0.39 is 11.9 Å². The number of nitrogens with one attached hydrogen (secondary N) is 1. The Hall–Kier alpha value is -2.28. The van der Waals surface area contributed by atoms with E-state index in [1.54, 1.807) is 12.0 Å². The number of carbonyl (C=O) groups is 2. The fraction of sp³-hybridized carbons (Fsp3) is 0.600. The number of carboxylic acids is 1. The first-order valence-electron chi connectivity index (χ1n) is 9.63. The summed E-state index contributed by atoms with van der Waals surface area (Å²) >= 11 is 0. The largest absolute Gasteiger partial charge is 0.497 e. The van der Waals surface area contributed by atoms with Crippen LogP contribution >= 0.6 is 0 Å². The smallest absolute Gasteiger partial charge is 0.317 e. The SMILES string of the molecule is CCN(CC)C(CNC(=O)N1CCCC(C(=O)O)C1)c1cccc(OC)c1. The summed E-state index contributed by atoms with van der Waals surface area (Å²) in [4.78, 5) is 27.7. The lowest BCUT2D eigenvalue weighted by atomic mass is 9.99. The number of amides is 2. The van der Waals surface area contributed by atoms with E-state index in [-0.39, 0.29) is 18.6 Å². The predicted molar refractivity (Wildman–Crippen MR) is 104 cm³/mol. The van der Waals surface area contributed by atoms with Crippen LogP contribution in [0, 0.1) is 5.92 Å². The predicted octanol–water partition coefficient (Wildman–Crippen LogP) is 2.58. The summed E-state index contributed by atoms with van der Waals surface area (Å²) in [5, 5.41) is 12.2. The quantitative estimate of drug-likeness (QED) is 0.728. The number of piperidine rings is 1. The van der Waals surface area contributed by atoms with Crippen molar-refractivity contribution in [1.29, 1.82) is 0 Å². The first-order chi connectivity index (χ1) is 13.0. The van der Waals surface area contributed by atoms with Crippen LogP contribution in [-0.4, -0.2) is 66.7 Å². The number of hydrogen-bond donors (Lipinski definition) is 2. The van der Waals surface area contributed by atoms with Crippen molar-refractivity contribution in [3.8, 4) is 5.75 Å². The van der Waals surface area contributed by atoms with E-state index in [9.17, 15) is 14.7 Å². The molecule has 1 aromatic rings. The van der Waals surface area contributed by atoms with Gasteiger partial charge in [-0.1, -0.05) is 26.0 Å². The first kappa shape index (κ1) is 21.0. The van der Waals surface area contributed by atoms with Crippen LogP contribution in [0.5, 0.6) is 5.75 Å². The van der Waals surface area contributed by atoms with Crippen molar-refractivity contribution in [3.63, 3.8) is 0 Å². The molecule has 1 aromatic carbocycles. The van der Waals surface area contributed by atoms with Crippen LogP contribution in [0.3, 0.4) is 0 Å². The maximum absolute atomic E-state index is 12.6. The van der Waals surface area contributed by atoms with Crippen LogP contribution in [0.4, 0.5) is 4.79 Å². The molecule has 1 heterocycles. The summed E-state index contributed by atoms with van der Waals surface area (Å²) in [5.74, 6) is -0.511. The van der Waals surface area contributed by atoms with E-state index in [4.69, 9.17) is 4.74 Å². The van der Waals surface area contributed by atoms with Gasteiger partial charge in [0.15, 0.2) is 0 Å². The fourth-order valence-electron chi connectivity index (χ4n) is 3.63. The molecule has 1 aliphatic heterocycles. The Labute approximate surface area is 161 Å². The van der Waals surface area contributed by atoms with Gasteiger partial charge in [0.1, 0.15) is 5.75 Å². The number of methoxy groups -OCH3 is 1. The highest BCUT2D eigenvalue weighted by Gasteiger charge is 2.28. The van der Waals surface area contributed by atoms with E-state index in [0.29, 0.717) is 19.5 Å². The lowest BCUT2D eigenvalue weighted by molar-refractivity contribution is -0.143. The second-order valence-corrected chi connectivity index (χ2v) is 6.82. The molecule has 1 saturated heterocycles. The van der Waals surface area contributed by atoms with E-state index in [1.165, 1.54) is 0 Å². The molecule has 0 saturated carbocycles. The van der Waals surface area contributed by atoms with Gasteiger partial charge in [-0.2, -0.15) is 0 Å². The summed E-state index contributed by atoms with van der Waals surface area (Å²) in [7, 11) is 1.64. The Bertz CT molecular complexity index is 633. The van der Waals surface area contributed by atoms with Crippen LogP contribution < -0.4 is 10.1 Å². The van der Waals surface area contributed by atoms with Gasteiger partial charge < -0.3 is 20.1 Å². The molecule has 2 amide bonds. The molecule has 2 N–H and O–H groups in total. The highest BCUT2D eigenvalue weighted by molar-refractivity contribution is 5.76. The van der Waals surface area contributed by atoms with E-state index >= 15 is 0 Å². The molecule has 7 nitrogen and oxygen atoms in total. The Morgan fingerprint density at radius 2 is 2.11 bits per heavy atom. The topological polar surface area (TPSA) is 82.1 Å². The van der Waals surface area contributed by atoms with E-state index in [2.05, 4.69) is 24.1 Å². The molecule has 2 unspecified atom stereocenters. The van der Waals surface area contributed by atoms with Crippen LogP contribution in [0.1, 0.15) is 38.3 Å². The lowest BCUT2D eigenvalue weighted by Crippen LogP contribution is -2.49. The van der Waals surface area contributed by atoms with Crippen LogP contribution in [0.2, 0.25) is 0 Å². The molecule has 0 radical (unpaired) electrons. The Kier molecular flexibility index (Phi) is 7.91. The zero-order valence-electron chi connectivity index (χ0n) is 16.5. The van der Waals surface area contributed by atoms with E-state index in [1.807, 2.05) is 24.3 Å². The lowest BCUT2D eigenvalue weighted by Gasteiger charge is -2.33. The fourth-order valence-corrected chi connectivity index (χ4v) is 3.63. The highest BCUT2D eigenvalue weighted by Crippen LogP contribution is 2.24. The van der Waals surface area contributed by atoms with Gasteiger partial charge in [-0.15, -0.1) is 0 Å². The Morgan fingerprint density at radius 3 is 2.74 bits per heavy atom. The third-order valence-corrected chi connectivity index (χ3v) is 5.24. The molecule has 0 aliphatic carbocycles. The Morgan fingerprint density at radius 1 is 1.37 bits per heavy atom. The van der Waals surface area contributed by atoms with Crippen molar-refractivity contribution >= 4 is 12.0 Å². The molecule has 0 spiro atoms. The molecule has 1 aliphatic rings. The summed E-state index contributed by atoms with van der Waals surface area (Å²) in [6, 6.07) is 7.73. The third-order valence-electron chi connectivity index (χ3n) is 5.24. The third kappa shape index (κ3) is 5.60. The molecule has 7 heteroatoms. The van der Waals surface area contributed by atoms with Crippen LogP contribution in [0.15, 0.2) is 24.3 Å². The zero-order valence-corrected chi connectivity index (χ0v) is 16.5. The summed E-state index contributed by atoms with van der Waals surface area (Å²) < 4.78 is 5.34. The monoisotopic (exact) mass is 377 g/mol. The maximum atomic E-state index is 12.6. The number of benzene rings is 1. The summed E-state index contributed by atoms with van der Waals surface area (Å²) in [5.41, 5.74) is 1.08. The molecular weight excluding hydrogens is 346 g/mol. The number of hydrogen-bond acceptors (Lipinski definition) is 4. The molecule has 27 heavy (non-hydrogen) atoms. The molecular formula is C20H31N3O4. The van der Waals surface area contributed by atoms with Gasteiger partial charge in [-0.3, -0.25) is 9.69 Å². The number of ether oxygens (including phenoxy) is 1. The number of nitrogens with zero attached hydrogens (tertiary/aromatic N) is 2. The minimum absolute atomic E-state index is 0.0270. The van der Waals surface area contributed by atoms with Gasteiger partial charge in [0.05, 0.1) is 19.1 Å². The molecule has 150 valence electrons. The van der Waals surface area contributed by atoms with Crippen molar-refractivity contribution in [1.82, 2.24) is 15.1 Å². The molecule has 1 fully saturated rings. The van der Waals surface area contributed by atoms with Gasteiger partial charge in [0, 0.05) is 19.6 Å². The van der Waals surface area contributed by atoms with Crippen molar-refractivity contribution in [2.45, 2.75) is 32.7 Å². The summed E-state index contributed by atoms with van der Waals surface area (Å²) in [6.07, 6.45) is 1.35. The standard InChI is InChI=1S/C20H31N3O4/c1-4-22(5-2)18(15-8-6-10-17(12-15)27-3)13-21-20(26)23-11-7-9-16(14-23)19(24)25/h6,8,10,12,16,18H,4-5,7,9,11,13-14H2,1-3H3,(H,21,26)(H,24,25). The number of rotatable bonds is 8. The zero-order chi connectivity index (χ0) is 19.8. The molecule has 2 rings (SSSR count). The number of carbonyl (C=O) groups excluding carboxylic acids is 1. The Balaban J connectivity index is 2.06. The molecule has 2 atom stereocenters. The number of carboxylic acid groups (broad SMARTS) is 1. The number of urea groups is 1. The number of likely N-dealkylation sites (N-methyl/N-ethyl adjacent to an activating group) is 1. The van der Waals surface area contributed by atoms with Crippen molar-refractivity contribution in [2.24, 2.45) is 5.92 Å². The highest BCUT2D eigenvalue weighted by atomic mass is 16.5. The second-order valence-electron chi connectivity index (χ2n) is 6.82. The average molecular weight is 377 g/mol. The van der Waals surface area contributed by atoms with Gasteiger partial charge in [-0.25, -0.2) is 4.79 Å². The minimum Gasteiger partial charge on any atom is -0.497 e. The van der Waals surface area contributed by atoms with Crippen molar-refractivity contribution < 1.29 is 19.4 Å². The van der Waals surface area contributed by atoms with Crippen molar-refractivity contribution in [2.75, 3.05) is 39.8 Å². The molecule has 0 bridgehead atoms. The van der Waals surface area contributed by atoms with Crippen LogP contribution in [0.25, 0.3) is 0 Å². The van der Waals surface area contributed by atoms with Crippen LogP contribution in [-0.2, 0) is 4.79 Å². The minimum atomic E-state index is -0.829.